The van der Waals surface area contributed by atoms with Crippen molar-refractivity contribution in [2.45, 2.75) is 26.2 Å². The molecule has 0 spiro atoms. The van der Waals surface area contributed by atoms with Crippen molar-refractivity contribution in [2.24, 2.45) is 0 Å². The second-order valence-electron chi connectivity index (χ2n) is 4.71. The third-order valence-electron chi connectivity index (χ3n) is 2.67. The van der Waals surface area contributed by atoms with Crippen LogP contribution in [0.4, 0.5) is 0 Å². The van der Waals surface area contributed by atoms with E-state index in [9.17, 15) is 0 Å². The number of hydrogen-bond donors (Lipinski definition) is 2. The van der Waals surface area contributed by atoms with Gasteiger partial charge >= 0.3 is 0 Å². The standard InChI is InChI=1S/C13H22N2/c1-11-6-5-7-12(8-11)13(2,3)9-15-10-14-4/h5-8,14-15H,9-10H2,1-4H3. The van der Waals surface area contributed by atoms with E-state index in [1.807, 2.05) is 7.05 Å². The highest BCUT2D eigenvalue weighted by molar-refractivity contribution is 5.28. The highest BCUT2D eigenvalue weighted by Gasteiger charge is 2.19. The molecule has 0 aliphatic rings. The quantitative estimate of drug-likeness (QED) is 0.569. The average molecular weight is 206 g/mol. The summed E-state index contributed by atoms with van der Waals surface area (Å²) >= 11 is 0. The van der Waals surface area contributed by atoms with Crippen molar-refractivity contribution >= 4 is 0 Å². The van der Waals surface area contributed by atoms with Crippen LogP contribution in [0.1, 0.15) is 25.0 Å². The molecule has 1 aromatic rings. The molecule has 0 aliphatic heterocycles. The van der Waals surface area contributed by atoms with E-state index in [0.29, 0.717) is 0 Å². The molecular weight excluding hydrogens is 184 g/mol. The zero-order chi connectivity index (χ0) is 11.3. The van der Waals surface area contributed by atoms with Crippen LogP contribution in [0, 0.1) is 6.92 Å². The zero-order valence-corrected chi connectivity index (χ0v) is 10.2. The van der Waals surface area contributed by atoms with E-state index in [2.05, 4.69) is 55.7 Å². The third kappa shape index (κ3) is 3.65. The lowest BCUT2D eigenvalue weighted by atomic mass is 9.84. The van der Waals surface area contributed by atoms with Crippen molar-refractivity contribution in [3.8, 4) is 0 Å². The van der Waals surface area contributed by atoms with Crippen molar-refractivity contribution < 1.29 is 0 Å². The van der Waals surface area contributed by atoms with Gasteiger partial charge in [0.05, 0.1) is 0 Å². The maximum atomic E-state index is 3.38. The molecule has 15 heavy (non-hydrogen) atoms. The van der Waals surface area contributed by atoms with Crippen molar-refractivity contribution in [2.75, 3.05) is 20.3 Å². The number of nitrogens with one attached hydrogen (secondary N) is 2. The number of hydrogen-bond acceptors (Lipinski definition) is 2. The van der Waals surface area contributed by atoms with Crippen LogP contribution in [0.15, 0.2) is 24.3 Å². The topological polar surface area (TPSA) is 24.1 Å². The molecule has 0 aliphatic carbocycles. The molecule has 2 N–H and O–H groups in total. The molecule has 0 saturated heterocycles. The number of aryl methyl sites for hydroxylation is 1. The second-order valence-corrected chi connectivity index (χ2v) is 4.71. The van der Waals surface area contributed by atoms with Crippen LogP contribution in [0.5, 0.6) is 0 Å². The first-order chi connectivity index (χ1) is 7.06. The Kier molecular flexibility index (Phi) is 4.30. The third-order valence-corrected chi connectivity index (χ3v) is 2.67. The Morgan fingerprint density at radius 1 is 1.27 bits per heavy atom. The molecule has 0 heterocycles. The molecule has 2 nitrogen and oxygen atoms in total. The highest BCUT2D eigenvalue weighted by atomic mass is 15.0. The average Bonchev–Trinajstić information content (AvgIpc) is 2.18. The van der Waals surface area contributed by atoms with E-state index in [4.69, 9.17) is 0 Å². The van der Waals surface area contributed by atoms with Gasteiger partial charge in [-0.05, 0) is 19.5 Å². The summed E-state index contributed by atoms with van der Waals surface area (Å²) in [7, 11) is 1.95. The van der Waals surface area contributed by atoms with Gasteiger partial charge in [0.2, 0.25) is 0 Å². The summed E-state index contributed by atoms with van der Waals surface area (Å²) in [6, 6.07) is 8.74. The molecule has 1 rings (SSSR count). The Bertz CT molecular complexity index is 305. The van der Waals surface area contributed by atoms with Crippen LogP contribution in [0.25, 0.3) is 0 Å². The van der Waals surface area contributed by atoms with Crippen molar-refractivity contribution in [3.05, 3.63) is 35.4 Å². The predicted octanol–water partition coefficient (Wildman–Crippen LogP) is 2.04. The van der Waals surface area contributed by atoms with Gasteiger partial charge in [-0.3, -0.25) is 0 Å². The van der Waals surface area contributed by atoms with Crippen LogP contribution in [-0.4, -0.2) is 20.3 Å². The van der Waals surface area contributed by atoms with E-state index in [-0.39, 0.29) is 5.41 Å². The highest BCUT2D eigenvalue weighted by Crippen LogP contribution is 2.22. The van der Waals surface area contributed by atoms with Gasteiger partial charge in [-0.25, -0.2) is 0 Å². The molecule has 1 aromatic carbocycles. The normalized spacial score (nSPS) is 11.7. The van der Waals surface area contributed by atoms with E-state index in [1.165, 1.54) is 11.1 Å². The maximum absolute atomic E-state index is 3.38. The Balaban J connectivity index is 2.67. The molecule has 0 atom stereocenters. The summed E-state index contributed by atoms with van der Waals surface area (Å²) in [6.45, 7) is 8.52. The van der Waals surface area contributed by atoms with Crippen LogP contribution in [-0.2, 0) is 5.41 Å². The predicted molar refractivity (Wildman–Crippen MR) is 66.1 cm³/mol. The fourth-order valence-corrected chi connectivity index (χ4v) is 1.67. The fourth-order valence-electron chi connectivity index (χ4n) is 1.67. The Hall–Kier alpha value is -0.860. The molecule has 0 aromatic heterocycles. The minimum Gasteiger partial charge on any atom is -0.308 e. The zero-order valence-electron chi connectivity index (χ0n) is 10.2. The van der Waals surface area contributed by atoms with Gasteiger partial charge in [-0.15, -0.1) is 0 Å². The molecular formula is C13H22N2. The van der Waals surface area contributed by atoms with Gasteiger partial charge in [-0.2, -0.15) is 0 Å². The summed E-state index contributed by atoms with van der Waals surface area (Å²) in [5.74, 6) is 0. The molecule has 0 radical (unpaired) electrons. The molecule has 0 saturated carbocycles. The van der Waals surface area contributed by atoms with Crippen LogP contribution in [0.2, 0.25) is 0 Å². The lowest BCUT2D eigenvalue weighted by Gasteiger charge is -2.26. The lowest BCUT2D eigenvalue weighted by molar-refractivity contribution is 0.460. The van der Waals surface area contributed by atoms with Crippen molar-refractivity contribution in [1.82, 2.24) is 10.6 Å². The molecule has 0 fully saturated rings. The summed E-state index contributed by atoms with van der Waals surface area (Å²) in [6.07, 6.45) is 0. The first-order valence-corrected chi connectivity index (χ1v) is 5.49. The van der Waals surface area contributed by atoms with Crippen LogP contribution < -0.4 is 10.6 Å². The van der Waals surface area contributed by atoms with Gasteiger partial charge < -0.3 is 10.6 Å². The minimum absolute atomic E-state index is 0.183. The minimum atomic E-state index is 0.183. The molecule has 0 bridgehead atoms. The fraction of sp³-hybridized carbons (Fsp3) is 0.538. The van der Waals surface area contributed by atoms with Gasteiger partial charge in [0.15, 0.2) is 0 Å². The monoisotopic (exact) mass is 206 g/mol. The molecule has 84 valence electrons. The van der Waals surface area contributed by atoms with Gasteiger partial charge in [0, 0.05) is 18.6 Å². The smallest absolute Gasteiger partial charge is 0.0452 e. The van der Waals surface area contributed by atoms with Gasteiger partial charge in [-0.1, -0.05) is 43.7 Å². The van der Waals surface area contributed by atoms with Crippen molar-refractivity contribution in [1.29, 1.82) is 0 Å². The van der Waals surface area contributed by atoms with Gasteiger partial charge in [0.25, 0.3) is 0 Å². The first-order valence-electron chi connectivity index (χ1n) is 5.49. The van der Waals surface area contributed by atoms with E-state index in [1.54, 1.807) is 0 Å². The molecule has 0 unspecified atom stereocenters. The van der Waals surface area contributed by atoms with E-state index in [0.717, 1.165) is 13.2 Å². The summed E-state index contributed by atoms with van der Waals surface area (Å²) < 4.78 is 0. The second kappa shape index (κ2) is 5.29. The summed E-state index contributed by atoms with van der Waals surface area (Å²) in [5, 5.41) is 6.47. The largest absolute Gasteiger partial charge is 0.308 e. The maximum Gasteiger partial charge on any atom is 0.0452 e. The first kappa shape index (κ1) is 12.2. The number of benzene rings is 1. The van der Waals surface area contributed by atoms with Gasteiger partial charge in [0.1, 0.15) is 0 Å². The van der Waals surface area contributed by atoms with Crippen LogP contribution >= 0.6 is 0 Å². The Morgan fingerprint density at radius 2 is 2.00 bits per heavy atom. The molecule has 2 heteroatoms. The summed E-state index contributed by atoms with van der Waals surface area (Å²) in [4.78, 5) is 0. The van der Waals surface area contributed by atoms with Crippen LogP contribution in [0.3, 0.4) is 0 Å². The Morgan fingerprint density at radius 3 is 2.60 bits per heavy atom. The van der Waals surface area contributed by atoms with Crippen molar-refractivity contribution in [3.63, 3.8) is 0 Å². The van der Waals surface area contributed by atoms with E-state index >= 15 is 0 Å². The summed E-state index contributed by atoms with van der Waals surface area (Å²) in [5.41, 5.74) is 2.91. The Labute approximate surface area is 93.1 Å². The lowest BCUT2D eigenvalue weighted by Crippen LogP contribution is -2.37. The SMILES string of the molecule is CNCNCC(C)(C)c1cccc(C)c1. The molecule has 0 amide bonds. The number of rotatable bonds is 5. The van der Waals surface area contributed by atoms with E-state index < -0.39 is 0 Å².